The van der Waals surface area contributed by atoms with E-state index >= 15 is 0 Å². The minimum Gasteiger partial charge on any atom is -0.479 e. The van der Waals surface area contributed by atoms with E-state index in [1.807, 2.05) is 37.3 Å². The lowest BCUT2D eigenvalue weighted by molar-refractivity contribution is -0.144. The molecule has 2 aromatic heterocycles. The fourth-order valence-electron chi connectivity index (χ4n) is 2.63. The van der Waals surface area contributed by atoms with Crippen molar-refractivity contribution < 1.29 is 19.4 Å². The van der Waals surface area contributed by atoms with Crippen LogP contribution in [-0.4, -0.2) is 31.9 Å². The van der Waals surface area contributed by atoms with Crippen molar-refractivity contribution in [2.45, 2.75) is 20.0 Å². The summed E-state index contributed by atoms with van der Waals surface area (Å²) in [5.41, 5.74) is 2.28. The van der Waals surface area contributed by atoms with Gasteiger partial charge in [-0.15, -0.1) is 0 Å². The third-order valence-corrected chi connectivity index (χ3v) is 4.76. The van der Waals surface area contributed by atoms with E-state index in [-0.39, 0.29) is 21.5 Å². The molecule has 30 heavy (non-hydrogen) atoms. The molecule has 0 radical (unpaired) electrons. The molecule has 3 rings (SSSR count). The number of aliphatic carboxylic acids is 1. The van der Waals surface area contributed by atoms with Gasteiger partial charge in [-0.1, -0.05) is 29.3 Å². The Morgan fingerprint density at radius 3 is 2.60 bits per heavy atom. The van der Waals surface area contributed by atoms with Gasteiger partial charge in [0.2, 0.25) is 5.88 Å². The standard InChI is InChI=1S/C21H19Cl2N3O4/c1-12-15(8-7-14-6-4-5-9-24-14)20(26(3)25-12)30-19-11-18(16(22)10-17(19)23)29-13(2)21(27)28/h4-11,13H,1-3H3,(H,27,28)/t13-/m0/s1. The van der Waals surface area contributed by atoms with E-state index in [1.165, 1.54) is 19.1 Å². The Hall–Kier alpha value is -3.03. The van der Waals surface area contributed by atoms with Gasteiger partial charge in [-0.25, -0.2) is 9.48 Å². The van der Waals surface area contributed by atoms with E-state index in [0.29, 0.717) is 5.88 Å². The number of hydrogen-bond donors (Lipinski definition) is 1. The predicted molar refractivity (Wildman–Crippen MR) is 115 cm³/mol. The largest absolute Gasteiger partial charge is 0.479 e. The average molecular weight is 448 g/mol. The summed E-state index contributed by atoms with van der Waals surface area (Å²) in [5, 5.41) is 13.9. The Morgan fingerprint density at radius 2 is 1.93 bits per heavy atom. The predicted octanol–water partition coefficient (Wildman–Crippen LogP) is 5.24. The first-order chi connectivity index (χ1) is 14.3. The van der Waals surface area contributed by atoms with Crippen LogP contribution < -0.4 is 9.47 Å². The molecule has 2 heterocycles. The van der Waals surface area contributed by atoms with Crippen molar-refractivity contribution in [2.75, 3.05) is 0 Å². The van der Waals surface area contributed by atoms with Crippen LogP contribution in [0.3, 0.4) is 0 Å². The summed E-state index contributed by atoms with van der Waals surface area (Å²) in [6, 6.07) is 8.52. The Balaban J connectivity index is 1.95. The molecule has 0 saturated heterocycles. The highest BCUT2D eigenvalue weighted by molar-refractivity contribution is 6.36. The van der Waals surface area contributed by atoms with Gasteiger partial charge in [0.15, 0.2) is 11.9 Å². The van der Waals surface area contributed by atoms with E-state index in [9.17, 15) is 4.79 Å². The van der Waals surface area contributed by atoms with Crippen molar-refractivity contribution in [1.29, 1.82) is 0 Å². The molecular weight excluding hydrogens is 429 g/mol. The van der Waals surface area contributed by atoms with Gasteiger partial charge in [0.25, 0.3) is 0 Å². The Labute approximate surface area is 183 Å². The van der Waals surface area contributed by atoms with Crippen molar-refractivity contribution in [3.63, 3.8) is 0 Å². The highest BCUT2D eigenvalue weighted by atomic mass is 35.5. The number of benzene rings is 1. The molecule has 0 bridgehead atoms. The van der Waals surface area contributed by atoms with Crippen molar-refractivity contribution in [2.24, 2.45) is 7.05 Å². The van der Waals surface area contributed by atoms with Gasteiger partial charge in [-0.3, -0.25) is 4.98 Å². The molecule has 9 heteroatoms. The van der Waals surface area contributed by atoms with Gasteiger partial charge >= 0.3 is 5.97 Å². The average Bonchev–Trinajstić information content (AvgIpc) is 2.97. The van der Waals surface area contributed by atoms with Crippen LogP contribution in [0, 0.1) is 6.92 Å². The molecule has 1 aromatic carbocycles. The fraction of sp³-hybridized carbons (Fsp3) is 0.190. The quantitative estimate of drug-likeness (QED) is 0.532. The van der Waals surface area contributed by atoms with Crippen LogP contribution in [0.25, 0.3) is 12.2 Å². The van der Waals surface area contributed by atoms with Crippen molar-refractivity contribution in [3.05, 3.63) is 63.5 Å². The fourth-order valence-corrected chi connectivity index (χ4v) is 3.10. The zero-order valence-corrected chi connectivity index (χ0v) is 18.0. The van der Waals surface area contributed by atoms with Gasteiger partial charge < -0.3 is 14.6 Å². The highest BCUT2D eigenvalue weighted by Crippen LogP contribution is 2.39. The van der Waals surface area contributed by atoms with Crippen LogP contribution in [0.5, 0.6) is 17.4 Å². The summed E-state index contributed by atoms with van der Waals surface area (Å²) in [7, 11) is 1.74. The van der Waals surface area contributed by atoms with E-state index in [4.69, 9.17) is 37.8 Å². The third-order valence-electron chi connectivity index (χ3n) is 4.17. The summed E-state index contributed by atoms with van der Waals surface area (Å²) in [6.07, 6.45) is 4.32. The lowest BCUT2D eigenvalue weighted by atomic mass is 10.2. The summed E-state index contributed by atoms with van der Waals surface area (Å²) in [4.78, 5) is 15.4. The second-order valence-electron chi connectivity index (χ2n) is 6.43. The van der Waals surface area contributed by atoms with Crippen LogP contribution >= 0.6 is 23.2 Å². The number of rotatable bonds is 7. The first-order valence-corrected chi connectivity index (χ1v) is 9.71. The number of pyridine rings is 1. The summed E-state index contributed by atoms with van der Waals surface area (Å²) in [6.45, 7) is 3.26. The molecule has 156 valence electrons. The lowest BCUT2D eigenvalue weighted by Gasteiger charge is -2.15. The summed E-state index contributed by atoms with van der Waals surface area (Å²) in [5.74, 6) is -0.270. The number of aromatic nitrogens is 3. The first-order valence-electron chi connectivity index (χ1n) is 8.95. The third kappa shape index (κ3) is 4.93. The molecule has 0 unspecified atom stereocenters. The molecule has 0 aliphatic carbocycles. The van der Waals surface area contributed by atoms with Crippen molar-refractivity contribution in [3.8, 4) is 17.4 Å². The molecule has 0 fully saturated rings. The molecule has 3 aromatic rings. The maximum Gasteiger partial charge on any atom is 0.344 e. The number of ether oxygens (including phenoxy) is 2. The SMILES string of the molecule is Cc1nn(C)c(Oc2cc(O[C@@H](C)C(=O)O)c(Cl)cc2Cl)c1C=Cc1ccccn1. The van der Waals surface area contributed by atoms with E-state index in [0.717, 1.165) is 17.0 Å². The number of carboxylic acid groups (broad SMARTS) is 1. The highest BCUT2D eigenvalue weighted by Gasteiger charge is 2.19. The molecule has 0 saturated carbocycles. The number of carbonyl (C=O) groups is 1. The van der Waals surface area contributed by atoms with E-state index < -0.39 is 12.1 Å². The smallest absolute Gasteiger partial charge is 0.344 e. The zero-order valence-electron chi connectivity index (χ0n) is 16.5. The van der Waals surface area contributed by atoms with E-state index in [1.54, 1.807) is 17.9 Å². The molecular formula is C21H19Cl2N3O4. The maximum absolute atomic E-state index is 11.1. The van der Waals surface area contributed by atoms with Crippen LogP contribution in [0.15, 0.2) is 36.5 Å². The second kappa shape index (κ2) is 9.19. The Morgan fingerprint density at radius 1 is 1.20 bits per heavy atom. The summed E-state index contributed by atoms with van der Waals surface area (Å²) < 4.78 is 13.0. The van der Waals surface area contributed by atoms with Gasteiger partial charge in [-0.2, -0.15) is 5.10 Å². The zero-order chi connectivity index (χ0) is 21.8. The van der Waals surface area contributed by atoms with Crippen molar-refractivity contribution >= 4 is 41.3 Å². The normalized spacial score (nSPS) is 12.2. The number of carboxylic acids is 1. The first kappa shape index (κ1) is 21.7. The number of nitrogens with zero attached hydrogens (tertiary/aromatic N) is 3. The Kier molecular flexibility index (Phi) is 6.64. The van der Waals surface area contributed by atoms with Crippen LogP contribution in [0.2, 0.25) is 10.0 Å². The van der Waals surface area contributed by atoms with Crippen LogP contribution in [-0.2, 0) is 11.8 Å². The molecule has 7 nitrogen and oxygen atoms in total. The molecule has 0 aliphatic heterocycles. The van der Waals surface area contributed by atoms with Gasteiger partial charge in [-0.05, 0) is 44.2 Å². The maximum atomic E-state index is 11.1. The van der Waals surface area contributed by atoms with Crippen LogP contribution in [0.4, 0.5) is 0 Å². The number of halogens is 2. The molecule has 1 N–H and O–H groups in total. The topological polar surface area (TPSA) is 86.5 Å². The van der Waals surface area contributed by atoms with Crippen LogP contribution in [0.1, 0.15) is 23.9 Å². The molecule has 0 amide bonds. The second-order valence-corrected chi connectivity index (χ2v) is 7.24. The molecule has 0 aliphatic rings. The Bertz CT molecular complexity index is 1100. The van der Waals surface area contributed by atoms with E-state index in [2.05, 4.69) is 10.1 Å². The molecule has 1 atom stereocenters. The number of hydrogen-bond acceptors (Lipinski definition) is 5. The van der Waals surface area contributed by atoms with Gasteiger partial charge in [0, 0.05) is 19.3 Å². The summed E-state index contributed by atoms with van der Waals surface area (Å²) >= 11 is 12.4. The molecule has 0 spiro atoms. The number of aryl methyl sites for hydroxylation is 2. The van der Waals surface area contributed by atoms with Crippen molar-refractivity contribution in [1.82, 2.24) is 14.8 Å². The minimum atomic E-state index is -1.12. The monoisotopic (exact) mass is 447 g/mol. The van der Waals surface area contributed by atoms with Gasteiger partial charge in [0.05, 0.1) is 27.0 Å². The minimum absolute atomic E-state index is 0.149. The lowest BCUT2D eigenvalue weighted by Crippen LogP contribution is -2.23. The van der Waals surface area contributed by atoms with Gasteiger partial charge in [0.1, 0.15) is 5.75 Å².